The van der Waals surface area contributed by atoms with Crippen molar-refractivity contribution in [3.8, 4) is 0 Å². The molecule has 2 heterocycles. The van der Waals surface area contributed by atoms with Gasteiger partial charge >= 0.3 is 0 Å². The number of nitrogens with zero attached hydrogens (tertiary/aromatic N) is 2. The molecule has 8 heteroatoms. The van der Waals surface area contributed by atoms with Crippen LogP contribution in [-0.4, -0.2) is 36.9 Å². The zero-order valence-corrected chi connectivity index (χ0v) is 18.8. The Morgan fingerprint density at radius 3 is 2.33 bits per heavy atom. The first-order chi connectivity index (χ1) is 13.6. The molecule has 30 heavy (non-hydrogen) atoms. The zero-order chi connectivity index (χ0) is 19.8. The fraction of sp³-hybridized carbons (Fsp3) is 0.409. The van der Waals surface area contributed by atoms with Crippen LogP contribution in [0.1, 0.15) is 41.6 Å². The lowest BCUT2D eigenvalue weighted by molar-refractivity contribution is -0.121. The van der Waals surface area contributed by atoms with E-state index in [1.165, 1.54) is 12.8 Å². The summed E-state index contributed by atoms with van der Waals surface area (Å²) in [5.41, 5.74) is 2.43. The van der Waals surface area contributed by atoms with Gasteiger partial charge in [-0.1, -0.05) is 12.1 Å². The van der Waals surface area contributed by atoms with Gasteiger partial charge in [-0.05, 0) is 68.1 Å². The van der Waals surface area contributed by atoms with E-state index < -0.39 is 0 Å². The Kier molecular flexibility index (Phi) is 11.4. The van der Waals surface area contributed by atoms with Crippen LogP contribution >= 0.6 is 24.8 Å². The number of rotatable bonds is 7. The standard InChI is InChI=1S/C22H28N4O2.2ClH/c1-26(22(28)19-10-14-24-15-11-19)20-5-2-18(3-6-20)16-25-21(27)7-4-17-8-12-23-13-9-17;;/h2-3,5-6,10-11,14-15,17,23H,4,7-9,12-13,16H2,1H3,(H,25,27);2*1H. The first kappa shape index (κ1) is 25.9. The molecular weight excluding hydrogens is 423 g/mol. The van der Waals surface area contributed by atoms with Gasteiger partial charge in [0.25, 0.3) is 5.91 Å². The Labute approximate surface area is 190 Å². The van der Waals surface area contributed by atoms with Gasteiger partial charge in [0.1, 0.15) is 0 Å². The fourth-order valence-corrected chi connectivity index (χ4v) is 3.44. The van der Waals surface area contributed by atoms with Crippen molar-refractivity contribution in [2.24, 2.45) is 5.92 Å². The highest BCUT2D eigenvalue weighted by Crippen LogP contribution is 2.18. The minimum Gasteiger partial charge on any atom is -0.352 e. The first-order valence-electron chi connectivity index (χ1n) is 9.88. The summed E-state index contributed by atoms with van der Waals surface area (Å²) in [5.74, 6) is 0.689. The number of benzene rings is 1. The molecule has 1 saturated heterocycles. The molecular formula is C22H30Cl2N4O2. The van der Waals surface area contributed by atoms with Crippen molar-refractivity contribution < 1.29 is 9.59 Å². The van der Waals surface area contributed by atoms with E-state index in [1.54, 1.807) is 36.5 Å². The molecule has 2 amide bonds. The molecule has 3 rings (SSSR count). The maximum atomic E-state index is 12.5. The van der Waals surface area contributed by atoms with Crippen LogP contribution in [0.4, 0.5) is 5.69 Å². The van der Waals surface area contributed by atoms with Gasteiger partial charge in [-0.15, -0.1) is 24.8 Å². The van der Waals surface area contributed by atoms with Gasteiger partial charge in [0.05, 0.1) is 0 Å². The lowest BCUT2D eigenvalue weighted by atomic mass is 9.93. The van der Waals surface area contributed by atoms with Crippen LogP contribution in [0.2, 0.25) is 0 Å². The van der Waals surface area contributed by atoms with E-state index in [9.17, 15) is 9.59 Å². The van der Waals surface area contributed by atoms with Gasteiger partial charge in [-0.2, -0.15) is 0 Å². The van der Waals surface area contributed by atoms with Gasteiger partial charge < -0.3 is 15.5 Å². The largest absolute Gasteiger partial charge is 0.352 e. The lowest BCUT2D eigenvalue weighted by Gasteiger charge is -2.22. The van der Waals surface area contributed by atoms with Crippen molar-refractivity contribution in [2.45, 2.75) is 32.2 Å². The number of nitrogens with one attached hydrogen (secondary N) is 2. The Hall–Kier alpha value is -2.15. The molecule has 0 aliphatic carbocycles. The fourth-order valence-electron chi connectivity index (χ4n) is 3.44. The van der Waals surface area contributed by atoms with Crippen LogP contribution < -0.4 is 15.5 Å². The van der Waals surface area contributed by atoms with Crippen LogP contribution in [0.25, 0.3) is 0 Å². The minimum absolute atomic E-state index is 0. The Morgan fingerprint density at radius 1 is 1.07 bits per heavy atom. The number of pyridine rings is 1. The van der Waals surface area contributed by atoms with E-state index in [4.69, 9.17) is 0 Å². The monoisotopic (exact) mass is 452 g/mol. The number of carbonyl (C=O) groups excluding carboxylic acids is 2. The van der Waals surface area contributed by atoms with Crippen molar-refractivity contribution in [2.75, 3.05) is 25.0 Å². The third kappa shape index (κ3) is 7.59. The van der Waals surface area contributed by atoms with E-state index in [2.05, 4.69) is 15.6 Å². The predicted molar refractivity (Wildman–Crippen MR) is 125 cm³/mol. The molecule has 0 spiro atoms. The highest BCUT2D eigenvalue weighted by Gasteiger charge is 2.15. The van der Waals surface area contributed by atoms with Crippen molar-refractivity contribution >= 4 is 42.3 Å². The molecule has 0 saturated carbocycles. The van der Waals surface area contributed by atoms with Crippen LogP contribution in [0.15, 0.2) is 48.8 Å². The molecule has 1 aliphatic heterocycles. The van der Waals surface area contributed by atoms with E-state index in [0.717, 1.165) is 30.8 Å². The van der Waals surface area contributed by atoms with Gasteiger partial charge in [0.2, 0.25) is 5.91 Å². The van der Waals surface area contributed by atoms with Gasteiger partial charge in [-0.25, -0.2) is 0 Å². The van der Waals surface area contributed by atoms with Crippen molar-refractivity contribution in [1.29, 1.82) is 0 Å². The van der Waals surface area contributed by atoms with Gasteiger partial charge in [0.15, 0.2) is 0 Å². The molecule has 1 aliphatic rings. The Balaban J connectivity index is 0.00000225. The molecule has 1 fully saturated rings. The second kappa shape index (κ2) is 13.2. The Bertz CT molecular complexity index is 781. The highest BCUT2D eigenvalue weighted by atomic mass is 35.5. The summed E-state index contributed by atoms with van der Waals surface area (Å²) in [5, 5.41) is 6.34. The van der Waals surface area contributed by atoms with Crippen molar-refractivity contribution in [1.82, 2.24) is 15.6 Å². The maximum absolute atomic E-state index is 12.5. The average Bonchev–Trinajstić information content (AvgIpc) is 2.77. The average molecular weight is 453 g/mol. The number of carbonyl (C=O) groups is 2. The van der Waals surface area contributed by atoms with Crippen LogP contribution in [-0.2, 0) is 11.3 Å². The van der Waals surface area contributed by atoms with E-state index in [-0.39, 0.29) is 36.6 Å². The van der Waals surface area contributed by atoms with E-state index in [0.29, 0.717) is 24.4 Å². The summed E-state index contributed by atoms with van der Waals surface area (Å²) < 4.78 is 0. The summed E-state index contributed by atoms with van der Waals surface area (Å²) in [6.07, 6.45) is 7.11. The van der Waals surface area contributed by atoms with Gasteiger partial charge in [-0.3, -0.25) is 14.6 Å². The highest BCUT2D eigenvalue weighted by molar-refractivity contribution is 6.05. The molecule has 0 radical (unpaired) electrons. The molecule has 0 bridgehead atoms. The topological polar surface area (TPSA) is 74.3 Å². The summed E-state index contributed by atoms with van der Waals surface area (Å²) in [4.78, 5) is 30.1. The van der Waals surface area contributed by atoms with Gasteiger partial charge in [0, 0.05) is 43.7 Å². The molecule has 6 nitrogen and oxygen atoms in total. The molecule has 0 atom stereocenters. The molecule has 1 aromatic carbocycles. The second-order valence-corrected chi connectivity index (χ2v) is 7.28. The maximum Gasteiger partial charge on any atom is 0.258 e. The second-order valence-electron chi connectivity index (χ2n) is 7.28. The van der Waals surface area contributed by atoms with E-state index >= 15 is 0 Å². The first-order valence-corrected chi connectivity index (χ1v) is 9.88. The smallest absolute Gasteiger partial charge is 0.258 e. The SMILES string of the molecule is CN(C(=O)c1ccncc1)c1ccc(CNC(=O)CCC2CCNCC2)cc1.Cl.Cl. The summed E-state index contributed by atoms with van der Waals surface area (Å²) in [6, 6.07) is 11.1. The normalized spacial score (nSPS) is 13.5. The van der Waals surface area contributed by atoms with Crippen molar-refractivity contribution in [3.05, 3.63) is 59.9 Å². The van der Waals surface area contributed by atoms with Crippen LogP contribution in [0.3, 0.4) is 0 Å². The van der Waals surface area contributed by atoms with Crippen LogP contribution in [0, 0.1) is 5.92 Å². The molecule has 2 N–H and O–H groups in total. The molecule has 1 aromatic heterocycles. The third-order valence-corrected chi connectivity index (χ3v) is 5.28. The summed E-state index contributed by atoms with van der Waals surface area (Å²) in [6.45, 7) is 2.64. The lowest BCUT2D eigenvalue weighted by Crippen LogP contribution is -2.29. The number of hydrogen-bond acceptors (Lipinski definition) is 4. The van der Waals surface area contributed by atoms with Crippen molar-refractivity contribution in [3.63, 3.8) is 0 Å². The third-order valence-electron chi connectivity index (χ3n) is 5.28. The predicted octanol–water partition coefficient (Wildman–Crippen LogP) is 3.60. The molecule has 0 unspecified atom stereocenters. The number of amides is 2. The molecule has 2 aromatic rings. The number of aromatic nitrogens is 1. The van der Waals surface area contributed by atoms with E-state index in [1.807, 2.05) is 24.3 Å². The number of piperidine rings is 1. The quantitative estimate of drug-likeness (QED) is 0.672. The Morgan fingerprint density at radius 2 is 1.70 bits per heavy atom. The molecule has 164 valence electrons. The minimum atomic E-state index is -0.0821. The summed E-state index contributed by atoms with van der Waals surface area (Å²) >= 11 is 0. The number of halogens is 2. The van der Waals surface area contributed by atoms with Crippen LogP contribution in [0.5, 0.6) is 0 Å². The number of anilines is 1. The summed E-state index contributed by atoms with van der Waals surface area (Å²) in [7, 11) is 1.75. The zero-order valence-electron chi connectivity index (χ0n) is 17.2. The number of hydrogen-bond donors (Lipinski definition) is 2.